The van der Waals surface area contributed by atoms with Gasteiger partial charge in [0.25, 0.3) is 6.43 Å². The highest BCUT2D eigenvalue weighted by molar-refractivity contribution is 14.1. The van der Waals surface area contributed by atoms with Gasteiger partial charge in [-0.2, -0.15) is 0 Å². The Balaban J connectivity index is 3.29. The van der Waals surface area contributed by atoms with Gasteiger partial charge in [0.2, 0.25) is 0 Å². The van der Waals surface area contributed by atoms with E-state index in [-0.39, 0.29) is 15.7 Å². The van der Waals surface area contributed by atoms with E-state index in [0.29, 0.717) is 3.70 Å². The molecule has 0 saturated carbocycles. The SMILES string of the molecule is COC(=O)c1cc(C(F)F)c(Br)c(I)n1. The number of ether oxygens (including phenoxy) is 1. The van der Waals surface area contributed by atoms with Crippen molar-refractivity contribution in [1.29, 1.82) is 0 Å². The monoisotopic (exact) mass is 391 g/mol. The molecule has 1 heterocycles. The molecule has 0 spiro atoms. The summed E-state index contributed by atoms with van der Waals surface area (Å²) in [6.45, 7) is 0. The summed E-state index contributed by atoms with van der Waals surface area (Å²) in [5.74, 6) is -0.734. The van der Waals surface area contributed by atoms with Crippen LogP contribution in [-0.4, -0.2) is 18.1 Å². The second kappa shape index (κ2) is 5.15. The van der Waals surface area contributed by atoms with Crippen LogP contribution < -0.4 is 0 Å². The molecule has 0 bridgehead atoms. The van der Waals surface area contributed by atoms with E-state index in [1.165, 1.54) is 7.11 Å². The van der Waals surface area contributed by atoms with Crippen LogP contribution in [0.15, 0.2) is 10.5 Å². The molecule has 0 fully saturated rings. The highest BCUT2D eigenvalue weighted by Gasteiger charge is 2.19. The van der Waals surface area contributed by atoms with Gasteiger partial charge in [-0.25, -0.2) is 18.6 Å². The molecule has 7 heteroatoms. The van der Waals surface area contributed by atoms with Gasteiger partial charge in [-0.05, 0) is 44.6 Å². The molecule has 0 radical (unpaired) electrons. The van der Waals surface area contributed by atoms with Crippen LogP contribution in [0.5, 0.6) is 0 Å². The highest BCUT2D eigenvalue weighted by atomic mass is 127. The second-order valence-corrected chi connectivity index (χ2v) is 4.31. The lowest BCUT2D eigenvalue weighted by molar-refractivity contribution is 0.0593. The molecular weight excluding hydrogens is 387 g/mol. The van der Waals surface area contributed by atoms with Crippen molar-refractivity contribution >= 4 is 44.5 Å². The molecule has 0 aromatic carbocycles. The molecule has 0 aliphatic carbocycles. The van der Waals surface area contributed by atoms with Gasteiger partial charge in [0, 0.05) is 5.56 Å². The van der Waals surface area contributed by atoms with E-state index in [9.17, 15) is 13.6 Å². The smallest absolute Gasteiger partial charge is 0.356 e. The number of esters is 1. The average molecular weight is 392 g/mol. The Labute approximate surface area is 106 Å². The number of carbonyl (C=O) groups excluding carboxylic acids is 1. The number of hydrogen-bond donors (Lipinski definition) is 0. The minimum absolute atomic E-state index is 0.125. The Bertz CT molecular complexity index is 400. The Morgan fingerprint density at radius 2 is 2.27 bits per heavy atom. The first-order valence-corrected chi connectivity index (χ1v) is 5.57. The maximum Gasteiger partial charge on any atom is 0.356 e. The Morgan fingerprint density at radius 3 is 2.73 bits per heavy atom. The fraction of sp³-hybridized carbons (Fsp3) is 0.250. The van der Waals surface area contributed by atoms with Crippen molar-refractivity contribution in [2.75, 3.05) is 7.11 Å². The van der Waals surface area contributed by atoms with Crippen LogP contribution in [0.3, 0.4) is 0 Å². The van der Waals surface area contributed by atoms with E-state index in [0.717, 1.165) is 6.07 Å². The Kier molecular flexibility index (Phi) is 4.38. The van der Waals surface area contributed by atoms with Gasteiger partial charge in [-0.15, -0.1) is 0 Å². The van der Waals surface area contributed by atoms with E-state index in [2.05, 4.69) is 25.7 Å². The van der Waals surface area contributed by atoms with Crippen LogP contribution in [0.4, 0.5) is 8.78 Å². The number of hydrogen-bond acceptors (Lipinski definition) is 3. The molecule has 0 atom stereocenters. The fourth-order valence-corrected chi connectivity index (χ4v) is 1.83. The predicted molar refractivity (Wildman–Crippen MR) is 61.0 cm³/mol. The molecule has 1 aromatic rings. The van der Waals surface area contributed by atoms with E-state index in [1.54, 1.807) is 22.6 Å². The van der Waals surface area contributed by atoms with E-state index >= 15 is 0 Å². The first kappa shape index (κ1) is 12.8. The van der Waals surface area contributed by atoms with Crippen LogP contribution in [0.25, 0.3) is 0 Å². The summed E-state index contributed by atoms with van der Waals surface area (Å²) in [6, 6.07) is 1.02. The number of methoxy groups -OCH3 is 1. The summed E-state index contributed by atoms with van der Waals surface area (Å²) in [4.78, 5) is 14.9. The topological polar surface area (TPSA) is 39.2 Å². The van der Waals surface area contributed by atoms with Crippen LogP contribution >= 0.6 is 38.5 Å². The summed E-state index contributed by atoms with van der Waals surface area (Å²) >= 11 is 4.74. The third kappa shape index (κ3) is 2.83. The van der Waals surface area contributed by atoms with E-state index in [1.807, 2.05) is 0 Å². The zero-order valence-corrected chi connectivity index (χ0v) is 11.2. The zero-order chi connectivity index (χ0) is 11.6. The third-order valence-corrected chi connectivity index (χ3v) is 3.93. The largest absolute Gasteiger partial charge is 0.464 e. The lowest BCUT2D eigenvalue weighted by atomic mass is 10.2. The summed E-state index contributed by atoms with van der Waals surface area (Å²) < 4.78 is 30.0. The van der Waals surface area contributed by atoms with Crippen LogP contribution in [0.1, 0.15) is 22.5 Å². The molecular formula is C8H5BrF2INO2. The maximum absolute atomic E-state index is 12.5. The Morgan fingerprint density at radius 1 is 1.67 bits per heavy atom. The molecule has 0 N–H and O–H groups in total. The number of rotatable bonds is 2. The lowest BCUT2D eigenvalue weighted by Crippen LogP contribution is -2.07. The summed E-state index contributed by atoms with van der Waals surface area (Å²) in [6.07, 6.45) is -2.67. The van der Waals surface area contributed by atoms with Crippen molar-refractivity contribution < 1.29 is 18.3 Å². The zero-order valence-electron chi connectivity index (χ0n) is 7.43. The normalized spacial score (nSPS) is 10.5. The number of halogens is 4. The minimum Gasteiger partial charge on any atom is -0.464 e. The standard InChI is InChI=1S/C8H5BrF2INO2/c1-15-8(14)4-2-3(6(10)11)5(9)7(12)13-4/h2,6H,1H3. The molecule has 0 saturated heterocycles. The fourth-order valence-electron chi connectivity index (χ4n) is 0.885. The van der Waals surface area contributed by atoms with E-state index < -0.39 is 12.4 Å². The first-order chi connectivity index (χ1) is 6.97. The molecule has 0 amide bonds. The predicted octanol–water partition coefficient (Wildman–Crippen LogP) is 3.17. The van der Waals surface area contributed by atoms with Crippen molar-refractivity contribution in [3.8, 4) is 0 Å². The van der Waals surface area contributed by atoms with Gasteiger partial charge in [0.1, 0.15) is 9.39 Å². The summed E-state index contributed by atoms with van der Waals surface area (Å²) in [5, 5.41) is 0. The number of alkyl halides is 2. The van der Waals surface area contributed by atoms with Crippen molar-refractivity contribution in [1.82, 2.24) is 4.98 Å². The molecule has 0 aliphatic heterocycles. The third-order valence-electron chi connectivity index (χ3n) is 1.58. The van der Waals surface area contributed by atoms with Crippen molar-refractivity contribution in [3.05, 3.63) is 25.5 Å². The molecule has 82 valence electrons. The lowest BCUT2D eigenvalue weighted by Gasteiger charge is -2.07. The molecule has 15 heavy (non-hydrogen) atoms. The molecule has 1 aromatic heterocycles. The van der Waals surface area contributed by atoms with Gasteiger partial charge in [-0.3, -0.25) is 0 Å². The van der Waals surface area contributed by atoms with Crippen molar-refractivity contribution in [2.45, 2.75) is 6.43 Å². The molecule has 0 aliphatic rings. The average Bonchev–Trinajstić information content (AvgIpc) is 2.20. The van der Waals surface area contributed by atoms with E-state index in [4.69, 9.17) is 0 Å². The Hall–Kier alpha value is -0.310. The van der Waals surface area contributed by atoms with Gasteiger partial charge in [0.05, 0.1) is 11.6 Å². The number of nitrogens with zero attached hydrogens (tertiary/aromatic N) is 1. The number of pyridine rings is 1. The second-order valence-electron chi connectivity index (χ2n) is 2.49. The number of carbonyl (C=O) groups is 1. The van der Waals surface area contributed by atoms with Crippen LogP contribution in [-0.2, 0) is 4.74 Å². The van der Waals surface area contributed by atoms with Crippen LogP contribution in [0, 0.1) is 3.70 Å². The first-order valence-electron chi connectivity index (χ1n) is 3.69. The quantitative estimate of drug-likeness (QED) is 0.441. The molecule has 3 nitrogen and oxygen atoms in total. The van der Waals surface area contributed by atoms with Crippen LogP contribution in [0.2, 0.25) is 0 Å². The molecule has 1 rings (SSSR count). The van der Waals surface area contributed by atoms with Gasteiger partial charge < -0.3 is 4.74 Å². The summed E-state index contributed by atoms with van der Waals surface area (Å²) in [5.41, 5.74) is -0.393. The molecule has 0 unspecified atom stereocenters. The highest BCUT2D eigenvalue weighted by Crippen LogP contribution is 2.30. The minimum atomic E-state index is -2.67. The summed E-state index contributed by atoms with van der Waals surface area (Å²) in [7, 11) is 1.17. The van der Waals surface area contributed by atoms with Gasteiger partial charge in [-0.1, -0.05) is 0 Å². The van der Waals surface area contributed by atoms with Gasteiger partial charge >= 0.3 is 5.97 Å². The van der Waals surface area contributed by atoms with Crippen molar-refractivity contribution in [2.24, 2.45) is 0 Å². The van der Waals surface area contributed by atoms with Crippen molar-refractivity contribution in [3.63, 3.8) is 0 Å². The number of aromatic nitrogens is 1. The maximum atomic E-state index is 12.5. The van der Waals surface area contributed by atoms with Gasteiger partial charge in [0.15, 0.2) is 0 Å².